The number of barbiturate groups is 1. The summed E-state index contributed by atoms with van der Waals surface area (Å²) in [4.78, 5) is 51.2. The molecule has 0 atom stereocenters. The second kappa shape index (κ2) is 12.0. The summed E-state index contributed by atoms with van der Waals surface area (Å²) in [5.41, 5.74) is 0.160. The number of nitrogens with zero attached hydrogens (tertiary/aromatic N) is 1. The number of hydrogen-bond acceptors (Lipinski definition) is 6. The summed E-state index contributed by atoms with van der Waals surface area (Å²) in [7, 11) is 0. The van der Waals surface area contributed by atoms with Crippen molar-refractivity contribution < 1.29 is 33.0 Å². The SMILES string of the molecule is CCOc1cc(/C=C2/C(=O)NC(=O)N(c3ccc(Cl)cc3)C2=O)cc(Cl)c1OCC(=O)Nc1ccccc1F. The van der Waals surface area contributed by atoms with E-state index in [9.17, 15) is 23.6 Å². The average molecular weight is 572 g/mol. The third-order valence-electron chi connectivity index (χ3n) is 5.32. The van der Waals surface area contributed by atoms with E-state index in [0.29, 0.717) is 5.02 Å². The molecule has 3 aromatic rings. The van der Waals surface area contributed by atoms with E-state index in [1.807, 2.05) is 0 Å². The van der Waals surface area contributed by atoms with Crippen LogP contribution in [0.2, 0.25) is 10.0 Å². The van der Waals surface area contributed by atoms with Gasteiger partial charge in [-0.25, -0.2) is 14.1 Å². The largest absolute Gasteiger partial charge is 0.490 e. The zero-order chi connectivity index (χ0) is 28.1. The molecule has 1 saturated heterocycles. The van der Waals surface area contributed by atoms with Crippen molar-refractivity contribution in [3.8, 4) is 11.5 Å². The lowest BCUT2D eigenvalue weighted by Crippen LogP contribution is -2.54. The maximum atomic E-state index is 13.8. The molecule has 5 amide bonds. The quantitative estimate of drug-likeness (QED) is 0.283. The number of rotatable bonds is 8. The van der Waals surface area contributed by atoms with E-state index in [0.717, 1.165) is 4.90 Å². The molecule has 4 rings (SSSR count). The molecule has 1 aliphatic rings. The fourth-order valence-corrected chi connectivity index (χ4v) is 4.01. The maximum absolute atomic E-state index is 13.8. The Kier molecular flexibility index (Phi) is 8.48. The van der Waals surface area contributed by atoms with Gasteiger partial charge >= 0.3 is 6.03 Å². The molecule has 0 aromatic heterocycles. The van der Waals surface area contributed by atoms with E-state index in [2.05, 4.69) is 10.6 Å². The predicted molar refractivity (Wildman–Crippen MR) is 144 cm³/mol. The van der Waals surface area contributed by atoms with Crippen molar-refractivity contribution in [3.05, 3.63) is 87.7 Å². The van der Waals surface area contributed by atoms with E-state index < -0.39 is 36.2 Å². The van der Waals surface area contributed by atoms with E-state index in [-0.39, 0.29) is 45.6 Å². The Morgan fingerprint density at radius 1 is 1.05 bits per heavy atom. The Hall–Kier alpha value is -4.41. The Labute approximate surface area is 232 Å². The number of urea groups is 1. The molecule has 3 aromatic carbocycles. The number of carbonyl (C=O) groups is 4. The van der Waals surface area contributed by atoms with Crippen molar-refractivity contribution in [1.29, 1.82) is 0 Å². The summed E-state index contributed by atoms with van der Waals surface area (Å²) in [6.45, 7) is 1.40. The molecule has 200 valence electrons. The number of ether oxygens (including phenoxy) is 2. The molecule has 1 heterocycles. The Bertz CT molecular complexity index is 1490. The van der Waals surface area contributed by atoms with Gasteiger partial charge in [0.1, 0.15) is 11.4 Å². The molecular weight excluding hydrogens is 552 g/mol. The monoisotopic (exact) mass is 571 g/mol. The first-order valence-corrected chi connectivity index (χ1v) is 12.2. The van der Waals surface area contributed by atoms with Gasteiger partial charge in [-0.3, -0.25) is 19.7 Å². The number of benzene rings is 3. The fourth-order valence-electron chi connectivity index (χ4n) is 3.61. The number of carbonyl (C=O) groups excluding carboxylic acids is 4. The van der Waals surface area contributed by atoms with Crippen LogP contribution in [-0.2, 0) is 14.4 Å². The Morgan fingerprint density at radius 3 is 2.46 bits per heavy atom. The number of halogens is 3. The second-order valence-corrected chi connectivity index (χ2v) is 8.86. The molecule has 0 aliphatic carbocycles. The van der Waals surface area contributed by atoms with Crippen LogP contribution in [-0.4, -0.2) is 37.0 Å². The third kappa shape index (κ3) is 6.36. The summed E-state index contributed by atoms with van der Waals surface area (Å²) >= 11 is 12.3. The second-order valence-electron chi connectivity index (χ2n) is 8.01. The molecule has 0 unspecified atom stereocenters. The van der Waals surface area contributed by atoms with Gasteiger partial charge in [0.2, 0.25) is 0 Å². The molecule has 1 aliphatic heterocycles. The van der Waals surface area contributed by atoms with Crippen LogP contribution in [0.1, 0.15) is 12.5 Å². The molecule has 2 N–H and O–H groups in total. The van der Waals surface area contributed by atoms with Gasteiger partial charge < -0.3 is 14.8 Å². The van der Waals surface area contributed by atoms with Gasteiger partial charge in [0.05, 0.1) is 23.0 Å². The van der Waals surface area contributed by atoms with Crippen LogP contribution in [0.4, 0.5) is 20.6 Å². The average Bonchev–Trinajstić information content (AvgIpc) is 2.88. The number of para-hydroxylation sites is 1. The van der Waals surface area contributed by atoms with Crippen LogP contribution in [0, 0.1) is 5.82 Å². The number of imide groups is 2. The van der Waals surface area contributed by atoms with Crippen molar-refractivity contribution in [2.45, 2.75) is 6.92 Å². The van der Waals surface area contributed by atoms with Crippen molar-refractivity contribution in [1.82, 2.24) is 5.32 Å². The minimum Gasteiger partial charge on any atom is -0.490 e. The molecule has 0 spiro atoms. The van der Waals surface area contributed by atoms with Gasteiger partial charge in [-0.1, -0.05) is 35.3 Å². The lowest BCUT2D eigenvalue weighted by atomic mass is 10.1. The molecular formula is C27H20Cl2FN3O6. The highest BCUT2D eigenvalue weighted by atomic mass is 35.5. The van der Waals surface area contributed by atoms with E-state index in [1.165, 1.54) is 60.7 Å². The van der Waals surface area contributed by atoms with E-state index in [4.69, 9.17) is 32.7 Å². The minimum atomic E-state index is -0.907. The Morgan fingerprint density at radius 2 is 1.77 bits per heavy atom. The van der Waals surface area contributed by atoms with Gasteiger partial charge in [-0.15, -0.1) is 0 Å². The summed E-state index contributed by atoms with van der Waals surface area (Å²) in [6, 6.07) is 13.5. The first kappa shape index (κ1) is 27.6. The third-order valence-corrected chi connectivity index (χ3v) is 5.86. The maximum Gasteiger partial charge on any atom is 0.335 e. The van der Waals surface area contributed by atoms with E-state index >= 15 is 0 Å². The van der Waals surface area contributed by atoms with Crippen molar-refractivity contribution in [2.75, 3.05) is 23.4 Å². The van der Waals surface area contributed by atoms with Gasteiger partial charge in [-0.2, -0.15) is 0 Å². The number of amides is 5. The number of nitrogens with one attached hydrogen (secondary N) is 2. The van der Waals surface area contributed by atoms with Crippen LogP contribution in [0.15, 0.2) is 66.2 Å². The zero-order valence-electron chi connectivity index (χ0n) is 20.3. The lowest BCUT2D eigenvalue weighted by molar-refractivity contribution is -0.122. The zero-order valence-corrected chi connectivity index (χ0v) is 21.8. The fraction of sp³-hybridized carbons (Fsp3) is 0.111. The normalized spacial score (nSPS) is 14.3. The Balaban J connectivity index is 1.58. The van der Waals surface area contributed by atoms with Gasteiger partial charge in [-0.05, 0) is 67.1 Å². The standard InChI is InChI=1S/C27H20Cl2FN3O6/c1-2-38-22-13-15(12-19(29)24(22)39-14-23(34)31-21-6-4-3-5-20(21)30)11-18-25(35)32-27(37)33(26(18)36)17-9-7-16(28)8-10-17/h3-13H,2,14H2,1H3,(H,31,34)(H,32,35,37)/b18-11-. The lowest BCUT2D eigenvalue weighted by Gasteiger charge is -2.26. The summed E-state index contributed by atoms with van der Waals surface area (Å²) in [6.07, 6.45) is 1.25. The first-order valence-electron chi connectivity index (χ1n) is 11.5. The minimum absolute atomic E-state index is 0.00856. The number of hydrogen-bond donors (Lipinski definition) is 2. The van der Waals surface area contributed by atoms with Crippen LogP contribution in [0.5, 0.6) is 11.5 Å². The van der Waals surface area contributed by atoms with Gasteiger partial charge in [0.15, 0.2) is 18.1 Å². The molecule has 39 heavy (non-hydrogen) atoms. The van der Waals surface area contributed by atoms with Crippen LogP contribution < -0.4 is 25.0 Å². The molecule has 12 heteroatoms. The summed E-state index contributed by atoms with van der Waals surface area (Å²) in [5, 5.41) is 4.95. The topological polar surface area (TPSA) is 114 Å². The summed E-state index contributed by atoms with van der Waals surface area (Å²) < 4.78 is 25.0. The number of anilines is 2. The van der Waals surface area contributed by atoms with Crippen molar-refractivity contribution in [2.24, 2.45) is 0 Å². The predicted octanol–water partition coefficient (Wildman–Crippen LogP) is 5.22. The van der Waals surface area contributed by atoms with Crippen molar-refractivity contribution >= 4 is 64.4 Å². The molecule has 0 bridgehead atoms. The van der Waals surface area contributed by atoms with Crippen LogP contribution in [0.3, 0.4) is 0 Å². The molecule has 0 radical (unpaired) electrons. The van der Waals surface area contributed by atoms with Crippen molar-refractivity contribution in [3.63, 3.8) is 0 Å². The smallest absolute Gasteiger partial charge is 0.335 e. The highest BCUT2D eigenvalue weighted by Gasteiger charge is 2.37. The van der Waals surface area contributed by atoms with Gasteiger partial charge in [0.25, 0.3) is 17.7 Å². The summed E-state index contributed by atoms with van der Waals surface area (Å²) in [5.74, 6) is -2.83. The first-order chi connectivity index (χ1) is 18.7. The molecule has 1 fully saturated rings. The van der Waals surface area contributed by atoms with Crippen LogP contribution in [0.25, 0.3) is 6.08 Å². The van der Waals surface area contributed by atoms with Gasteiger partial charge in [0, 0.05) is 5.02 Å². The highest BCUT2D eigenvalue weighted by molar-refractivity contribution is 6.39. The molecule has 9 nitrogen and oxygen atoms in total. The van der Waals surface area contributed by atoms with Crippen LogP contribution >= 0.6 is 23.2 Å². The highest BCUT2D eigenvalue weighted by Crippen LogP contribution is 2.37. The van der Waals surface area contributed by atoms with E-state index in [1.54, 1.807) is 13.0 Å². The molecule has 0 saturated carbocycles.